The van der Waals surface area contributed by atoms with Crippen molar-refractivity contribution < 1.29 is 9.13 Å². The minimum atomic E-state index is -0.449. The molecule has 0 radical (unpaired) electrons. The van der Waals surface area contributed by atoms with Crippen LogP contribution in [0.3, 0.4) is 0 Å². The fourth-order valence-corrected chi connectivity index (χ4v) is 1.54. The van der Waals surface area contributed by atoms with E-state index in [4.69, 9.17) is 4.74 Å². The third-order valence-electron chi connectivity index (χ3n) is 2.29. The quantitative estimate of drug-likeness (QED) is 0.720. The number of alkyl halides is 1. The maximum atomic E-state index is 12.1. The Morgan fingerprint density at radius 1 is 1.38 bits per heavy atom. The van der Waals surface area contributed by atoms with Gasteiger partial charge in [-0.15, -0.1) is 0 Å². The summed E-state index contributed by atoms with van der Waals surface area (Å²) in [6.07, 6.45) is 1.10. The maximum Gasteiger partial charge on any atom is 0.123 e. The molecular formula is C13H20FNO. The summed E-state index contributed by atoms with van der Waals surface area (Å²) in [5, 5.41) is 3.32. The molecule has 90 valence electrons. The summed E-state index contributed by atoms with van der Waals surface area (Å²) >= 11 is 0. The molecule has 1 aromatic carbocycles. The van der Waals surface area contributed by atoms with Crippen molar-refractivity contribution in [2.75, 3.05) is 19.8 Å². The average Bonchev–Trinajstić information content (AvgIpc) is 2.28. The second-order valence-electron chi connectivity index (χ2n) is 3.83. The van der Waals surface area contributed by atoms with Crippen molar-refractivity contribution >= 4 is 0 Å². The highest BCUT2D eigenvalue weighted by Crippen LogP contribution is 2.19. The van der Waals surface area contributed by atoms with Crippen LogP contribution >= 0.6 is 0 Å². The normalized spacial score (nSPS) is 10.4. The smallest absolute Gasteiger partial charge is 0.123 e. The van der Waals surface area contributed by atoms with E-state index in [0.29, 0.717) is 0 Å². The summed E-state index contributed by atoms with van der Waals surface area (Å²) < 4.78 is 17.4. The molecule has 0 saturated heterocycles. The Morgan fingerprint density at radius 3 is 2.88 bits per heavy atom. The Kier molecular flexibility index (Phi) is 5.86. The summed E-state index contributed by atoms with van der Waals surface area (Å²) in [4.78, 5) is 0. The Labute approximate surface area is 96.8 Å². The van der Waals surface area contributed by atoms with E-state index in [1.165, 1.54) is 5.56 Å². The average molecular weight is 225 g/mol. The molecule has 0 amide bonds. The number of nitrogens with one attached hydrogen (secondary N) is 1. The zero-order valence-corrected chi connectivity index (χ0v) is 10.1. The SMILES string of the molecule is CCCNCc1cc(C)ccc1OCCF. The zero-order chi connectivity index (χ0) is 11.8. The first-order chi connectivity index (χ1) is 7.77. The number of hydrogen-bond donors (Lipinski definition) is 1. The highest BCUT2D eigenvalue weighted by atomic mass is 19.1. The van der Waals surface area contributed by atoms with E-state index >= 15 is 0 Å². The van der Waals surface area contributed by atoms with Gasteiger partial charge in [0.15, 0.2) is 0 Å². The van der Waals surface area contributed by atoms with Crippen LogP contribution in [0.5, 0.6) is 5.75 Å². The van der Waals surface area contributed by atoms with Gasteiger partial charge in [-0.25, -0.2) is 4.39 Å². The van der Waals surface area contributed by atoms with Crippen LogP contribution in [-0.4, -0.2) is 19.8 Å². The van der Waals surface area contributed by atoms with Crippen molar-refractivity contribution in [2.45, 2.75) is 26.8 Å². The van der Waals surface area contributed by atoms with E-state index in [2.05, 4.69) is 18.3 Å². The van der Waals surface area contributed by atoms with Crippen LogP contribution in [-0.2, 0) is 6.54 Å². The number of halogens is 1. The summed E-state index contributed by atoms with van der Waals surface area (Å²) in [6, 6.07) is 5.97. The van der Waals surface area contributed by atoms with Crippen LogP contribution in [0.15, 0.2) is 18.2 Å². The van der Waals surface area contributed by atoms with E-state index < -0.39 is 6.67 Å². The Morgan fingerprint density at radius 2 is 2.19 bits per heavy atom. The molecule has 1 rings (SSSR count). The standard InChI is InChI=1S/C13H20FNO/c1-3-7-15-10-12-9-11(2)4-5-13(12)16-8-6-14/h4-5,9,15H,3,6-8,10H2,1-2H3. The van der Waals surface area contributed by atoms with Gasteiger partial charge in [-0.05, 0) is 26.0 Å². The molecule has 0 atom stereocenters. The van der Waals surface area contributed by atoms with Crippen LogP contribution < -0.4 is 10.1 Å². The van der Waals surface area contributed by atoms with Gasteiger partial charge in [0.05, 0.1) is 0 Å². The molecule has 1 N–H and O–H groups in total. The van der Waals surface area contributed by atoms with Gasteiger partial charge in [0.1, 0.15) is 19.0 Å². The molecule has 0 aliphatic carbocycles. The maximum absolute atomic E-state index is 12.1. The van der Waals surface area contributed by atoms with Crippen molar-refractivity contribution in [1.82, 2.24) is 5.32 Å². The summed E-state index contributed by atoms with van der Waals surface area (Å²) in [7, 11) is 0. The fourth-order valence-electron chi connectivity index (χ4n) is 1.54. The minimum absolute atomic E-state index is 0.129. The second-order valence-corrected chi connectivity index (χ2v) is 3.83. The number of aryl methyl sites for hydroxylation is 1. The lowest BCUT2D eigenvalue weighted by Gasteiger charge is -2.12. The first-order valence-electron chi connectivity index (χ1n) is 5.77. The van der Waals surface area contributed by atoms with Gasteiger partial charge in [-0.3, -0.25) is 0 Å². The molecular weight excluding hydrogens is 205 g/mol. The van der Waals surface area contributed by atoms with E-state index in [1.807, 2.05) is 19.1 Å². The molecule has 1 aromatic rings. The number of hydrogen-bond acceptors (Lipinski definition) is 2. The topological polar surface area (TPSA) is 21.3 Å². The molecule has 0 spiro atoms. The molecule has 16 heavy (non-hydrogen) atoms. The first-order valence-corrected chi connectivity index (χ1v) is 5.77. The lowest BCUT2D eigenvalue weighted by Crippen LogP contribution is -2.15. The molecule has 0 aliphatic heterocycles. The summed E-state index contributed by atoms with van der Waals surface area (Å²) in [5.41, 5.74) is 2.29. The molecule has 0 aliphatic rings. The van der Waals surface area contributed by atoms with Gasteiger partial charge in [0, 0.05) is 12.1 Å². The summed E-state index contributed by atoms with van der Waals surface area (Å²) in [6.45, 7) is 5.61. The minimum Gasteiger partial charge on any atom is -0.491 e. The Bertz CT molecular complexity index is 315. The van der Waals surface area contributed by atoms with Crippen molar-refractivity contribution in [3.8, 4) is 5.75 Å². The van der Waals surface area contributed by atoms with Gasteiger partial charge >= 0.3 is 0 Å². The van der Waals surface area contributed by atoms with Gasteiger partial charge in [0.2, 0.25) is 0 Å². The van der Waals surface area contributed by atoms with Gasteiger partial charge < -0.3 is 10.1 Å². The zero-order valence-electron chi connectivity index (χ0n) is 10.1. The van der Waals surface area contributed by atoms with Gasteiger partial charge in [0.25, 0.3) is 0 Å². The fraction of sp³-hybridized carbons (Fsp3) is 0.538. The lowest BCUT2D eigenvalue weighted by molar-refractivity contribution is 0.270. The Balaban J connectivity index is 2.65. The highest BCUT2D eigenvalue weighted by Gasteiger charge is 2.03. The van der Waals surface area contributed by atoms with Crippen LogP contribution in [0, 0.1) is 6.92 Å². The van der Waals surface area contributed by atoms with Crippen LogP contribution in [0.4, 0.5) is 4.39 Å². The van der Waals surface area contributed by atoms with Crippen molar-refractivity contribution in [1.29, 1.82) is 0 Å². The van der Waals surface area contributed by atoms with E-state index in [0.717, 1.165) is 30.8 Å². The van der Waals surface area contributed by atoms with Crippen LogP contribution in [0.25, 0.3) is 0 Å². The third-order valence-corrected chi connectivity index (χ3v) is 2.29. The number of ether oxygens (including phenoxy) is 1. The summed E-state index contributed by atoms with van der Waals surface area (Å²) in [5.74, 6) is 0.784. The predicted molar refractivity (Wildman–Crippen MR) is 64.6 cm³/mol. The predicted octanol–water partition coefficient (Wildman–Crippen LogP) is 2.84. The third kappa shape index (κ3) is 4.19. The van der Waals surface area contributed by atoms with E-state index in [9.17, 15) is 4.39 Å². The number of benzene rings is 1. The van der Waals surface area contributed by atoms with Crippen molar-refractivity contribution in [3.05, 3.63) is 29.3 Å². The van der Waals surface area contributed by atoms with Crippen molar-refractivity contribution in [3.63, 3.8) is 0 Å². The van der Waals surface area contributed by atoms with E-state index in [1.54, 1.807) is 0 Å². The lowest BCUT2D eigenvalue weighted by atomic mass is 10.1. The van der Waals surface area contributed by atoms with E-state index in [-0.39, 0.29) is 6.61 Å². The first kappa shape index (κ1) is 13.0. The largest absolute Gasteiger partial charge is 0.491 e. The van der Waals surface area contributed by atoms with Crippen LogP contribution in [0.2, 0.25) is 0 Å². The van der Waals surface area contributed by atoms with Gasteiger partial charge in [-0.2, -0.15) is 0 Å². The van der Waals surface area contributed by atoms with Gasteiger partial charge in [-0.1, -0.05) is 24.6 Å². The monoisotopic (exact) mass is 225 g/mol. The molecule has 0 heterocycles. The second kappa shape index (κ2) is 7.23. The molecule has 0 unspecified atom stereocenters. The number of rotatable bonds is 7. The highest BCUT2D eigenvalue weighted by molar-refractivity contribution is 5.36. The molecule has 0 fully saturated rings. The molecule has 0 bridgehead atoms. The molecule has 3 heteroatoms. The molecule has 2 nitrogen and oxygen atoms in total. The molecule has 0 saturated carbocycles. The molecule has 0 aromatic heterocycles. The van der Waals surface area contributed by atoms with Crippen molar-refractivity contribution in [2.24, 2.45) is 0 Å². The van der Waals surface area contributed by atoms with Crippen LogP contribution in [0.1, 0.15) is 24.5 Å². The Hall–Kier alpha value is -1.09.